The second-order valence-electron chi connectivity index (χ2n) is 13.2. The lowest BCUT2D eigenvalue weighted by molar-refractivity contribution is 1.28. The lowest BCUT2D eigenvalue weighted by atomic mass is 9.95. The standard InChI is InChI=1S/C49H32N2S2/c1-5-14-33(15-6-1)34-24-27-39(28-25-34)51(38-20-11-4-12-21-38)45-29-26-37(30-42(45)35-16-7-2-8-17-35)40-22-13-23-41-43-31-44-47(32-46(43)52-48(40)41)53-49(50-44)36-18-9-3-10-19-36/h1-32H. The minimum atomic E-state index is 1.06. The maximum absolute atomic E-state index is 5.06. The molecule has 0 bridgehead atoms. The smallest absolute Gasteiger partial charge is 0.124 e. The zero-order valence-corrected chi connectivity index (χ0v) is 30.3. The van der Waals surface area contributed by atoms with E-state index in [0.717, 1.165) is 33.1 Å². The Labute approximate surface area is 316 Å². The highest BCUT2D eigenvalue weighted by molar-refractivity contribution is 7.27. The van der Waals surface area contributed by atoms with Gasteiger partial charge in [0.05, 0.1) is 15.9 Å². The van der Waals surface area contributed by atoms with Crippen molar-refractivity contribution in [3.8, 4) is 44.0 Å². The predicted octanol–water partition coefficient (Wildman–Crippen LogP) is 14.8. The van der Waals surface area contributed by atoms with Gasteiger partial charge in [0.25, 0.3) is 0 Å². The van der Waals surface area contributed by atoms with E-state index in [0.29, 0.717) is 0 Å². The maximum Gasteiger partial charge on any atom is 0.124 e. The number of rotatable bonds is 7. The number of anilines is 3. The van der Waals surface area contributed by atoms with Crippen molar-refractivity contribution in [1.82, 2.24) is 4.98 Å². The van der Waals surface area contributed by atoms with Gasteiger partial charge in [0.1, 0.15) is 5.01 Å². The Morgan fingerprint density at radius 2 is 0.981 bits per heavy atom. The Hall–Kier alpha value is -6.33. The average Bonchev–Trinajstić information content (AvgIpc) is 3.82. The number of hydrogen-bond acceptors (Lipinski definition) is 4. The fraction of sp³-hybridized carbons (Fsp3) is 0. The summed E-state index contributed by atoms with van der Waals surface area (Å²) in [6.45, 7) is 0. The molecule has 53 heavy (non-hydrogen) atoms. The highest BCUT2D eigenvalue weighted by atomic mass is 32.1. The Kier molecular flexibility index (Phi) is 7.90. The maximum atomic E-state index is 5.06. The number of nitrogens with zero attached hydrogens (tertiary/aromatic N) is 2. The van der Waals surface area contributed by atoms with Crippen LogP contribution in [0.15, 0.2) is 194 Å². The lowest BCUT2D eigenvalue weighted by Crippen LogP contribution is -2.11. The van der Waals surface area contributed by atoms with Crippen LogP contribution in [0.4, 0.5) is 17.1 Å². The van der Waals surface area contributed by atoms with E-state index in [1.165, 1.54) is 58.3 Å². The number of thiophene rings is 1. The first kappa shape index (κ1) is 31.4. The average molecular weight is 713 g/mol. The van der Waals surface area contributed by atoms with Crippen LogP contribution >= 0.6 is 22.7 Å². The van der Waals surface area contributed by atoms with Crippen molar-refractivity contribution in [2.45, 2.75) is 0 Å². The van der Waals surface area contributed by atoms with Gasteiger partial charge in [0, 0.05) is 42.7 Å². The van der Waals surface area contributed by atoms with Gasteiger partial charge in [-0.1, -0.05) is 146 Å². The number of thiazole rings is 1. The van der Waals surface area contributed by atoms with Crippen LogP contribution in [-0.2, 0) is 0 Å². The first-order valence-electron chi connectivity index (χ1n) is 17.8. The fourth-order valence-electron chi connectivity index (χ4n) is 7.34. The molecule has 0 aliphatic rings. The van der Waals surface area contributed by atoms with Crippen molar-refractivity contribution < 1.29 is 0 Å². The fourth-order valence-corrected chi connectivity index (χ4v) is 9.66. The summed E-state index contributed by atoms with van der Waals surface area (Å²) in [6.07, 6.45) is 0. The van der Waals surface area contributed by atoms with Gasteiger partial charge >= 0.3 is 0 Å². The molecule has 0 fully saturated rings. The summed E-state index contributed by atoms with van der Waals surface area (Å²) in [5, 5.41) is 3.60. The van der Waals surface area contributed by atoms with E-state index in [1.807, 2.05) is 11.3 Å². The molecule has 0 radical (unpaired) electrons. The molecule has 0 saturated heterocycles. The molecule has 0 N–H and O–H groups in total. The van der Waals surface area contributed by atoms with Crippen LogP contribution < -0.4 is 4.90 Å². The van der Waals surface area contributed by atoms with Crippen molar-refractivity contribution in [3.05, 3.63) is 194 Å². The molecule has 0 amide bonds. The number of benzene rings is 8. The molecule has 4 heteroatoms. The highest BCUT2D eigenvalue weighted by Gasteiger charge is 2.20. The summed E-state index contributed by atoms with van der Waals surface area (Å²) in [5.41, 5.74) is 12.8. The zero-order chi connectivity index (χ0) is 35.1. The van der Waals surface area contributed by atoms with Gasteiger partial charge in [-0.15, -0.1) is 22.7 Å². The van der Waals surface area contributed by atoms with Crippen molar-refractivity contribution in [2.24, 2.45) is 0 Å². The van der Waals surface area contributed by atoms with Gasteiger partial charge in [-0.25, -0.2) is 4.98 Å². The van der Waals surface area contributed by atoms with Gasteiger partial charge in [0.15, 0.2) is 0 Å². The van der Waals surface area contributed by atoms with Crippen LogP contribution in [-0.4, -0.2) is 4.98 Å². The SMILES string of the molecule is c1ccc(-c2ccc(N(c3ccccc3)c3ccc(-c4cccc5c4sc4cc6sc(-c7ccccc7)nc6cc45)cc3-c3ccccc3)cc2)cc1. The minimum Gasteiger partial charge on any atom is -0.310 e. The molecule has 0 unspecified atom stereocenters. The molecule has 8 aromatic carbocycles. The lowest BCUT2D eigenvalue weighted by Gasteiger charge is -2.28. The van der Waals surface area contributed by atoms with Crippen LogP contribution in [0.5, 0.6) is 0 Å². The molecule has 0 spiro atoms. The topological polar surface area (TPSA) is 16.1 Å². The van der Waals surface area contributed by atoms with Gasteiger partial charge < -0.3 is 4.90 Å². The molecule has 0 aliphatic carbocycles. The van der Waals surface area contributed by atoms with E-state index in [9.17, 15) is 0 Å². The zero-order valence-electron chi connectivity index (χ0n) is 28.7. The van der Waals surface area contributed by atoms with Crippen molar-refractivity contribution in [3.63, 3.8) is 0 Å². The number of hydrogen-bond donors (Lipinski definition) is 0. The Balaban J connectivity index is 1.12. The summed E-state index contributed by atoms with van der Waals surface area (Å²) >= 11 is 3.64. The molecule has 10 aromatic rings. The van der Waals surface area contributed by atoms with Gasteiger partial charge in [-0.3, -0.25) is 0 Å². The third-order valence-electron chi connectivity index (χ3n) is 9.91. The van der Waals surface area contributed by atoms with Gasteiger partial charge in [-0.2, -0.15) is 0 Å². The number of para-hydroxylation sites is 1. The molecule has 0 saturated carbocycles. The normalized spacial score (nSPS) is 11.4. The van der Waals surface area contributed by atoms with E-state index in [2.05, 4.69) is 199 Å². The summed E-state index contributed by atoms with van der Waals surface area (Å²) in [6, 6.07) is 69.7. The van der Waals surface area contributed by atoms with Crippen molar-refractivity contribution in [2.75, 3.05) is 4.90 Å². The van der Waals surface area contributed by atoms with E-state index in [-0.39, 0.29) is 0 Å². The molecule has 2 nitrogen and oxygen atoms in total. The van der Waals surface area contributed by atoms with E-state index in [1.54, 1.807) is 11.3 Å². The molecule has 2 aromatic heterocycles. The third kappa shape index (κ3) is 5.79. The third-order valence-corrected chi connectivity index (χ3v) is 12.2. The second kappa shape index (κ2) is 13.3. The first-order valence-corrected chi connectivity index (χ1v) is 19.4. The largest absolute Gasteiger partial charge is 0.310 e. The van der Waals surface area contributed by atoms with Crippen LogP contribution in [0.25, 0.3) is 74.3 Å². The van der Waals surface area contributed by atoms with Gasteiger partial charge in [-0.05, 0) is 76.3 Å². The Bertz CT molecular complexity index is 2860. The Morgan fingerprint density at radius 3 is 1.70 bits per heavy atom. The minimum absolute atomic E-state index is 1.06. The van der Waals surface area contributed by atoms with E-state index >= 15 is 0 Å². The predicted molar refractivity (Wildman–Crippen MR) is 229 cm³/mol. The van der Waals surface area contributed by atoms with E-state index in [4.69, 9.17) is 4.98 Å². The molecule has 10 rings (SSSR count). The van der Waals surface area contributed by atoms with Crippen LogP contribution in [0.3, 0.4) is 0 Å². The number of aromatic nitrogens is 1. The molecule has 2 heterocycles. The second-order valence-corrected chi connectivity index (χ2v) is 15.3. The Morgan fingerprint density at radius 1 is 0.377 bits per heavy atom. The molecular weight excluding hydrogens is 681 g/mol. The number of fused-ring (bicyclic) bond motifs is 4. The van der Waals surface area contributed by atoms with Crippen LogP contribution in [0.1, 0.15) is 0 Å². The van der Waals surface area contributed by atoms with Crippen molar-refractivity contribution in [1.29, 1.82) is 0 Å². The molecule has 250 valence electrons. The van der Waals surface area contributed by atoms with Gasteiger partial charge in [0.2, 0.25) is 0 Å². The summed E-state index contributed by atoms with van der Waals surface area (Å²) in [4.78, 5) is 7.44. The monoisotopic (exact) mass is 712 g/mol. The quantitative estimate of drug-likeness (QED) is 0.164. The first-order chi connectivity index (χ1) is 26.3. The van der Waals surface area contributed by atoms with E-state index < -0.39 is 0 Å². The molecular formula is C49H32N2S2. The van der Waals surface area contributed by atoms with Crippen LogP contribution in [0.2, 0.25) is 0 Å². The molecule has 0 aliphatic heterocycles. The highest BCUT2D eigenvalue weighted by Crippen LogP contribution is 2.46. The van der Waals surface area contributed by atoms with Crippen LogP contribution in [0, 0.1) is 0 Å². The summed E-state index contributed by atoms with van der Waals surface area (Å²) < 4.78 is 3.81. The summed E-state index contributed by atoms with van der Waals surface area (Å²) in [7, 11) is 0. The van der Waals surface area contributed by atoms with Crippen molar-refractivity contribution >= 4 is 70.1 Å². The molecule has 0 atom stereocenters. The summed E-state index contributed by atoms with van der Waals surface area (Å²) in [5.74, 6) is 0.